The molecule has 0 aliphatic heterocycles. The van der Waals surface area contributed by atoms with Gasteiger partial charge in [0.2, 0.25) is 6.41 Å². The van der Waals surface area contributed by atoms with Crippen molar-refractivity contribution in [2.75, 3.05) is 0 Å². The zero-order chi connectivity index (χ0) is 13.5. The van der Waals surface area contributed by atoms with E-state index < -0.39 is 0 Å². The van der Waals surface area contributed by atoms with E-state index in [1.54, 1.807) is 30.1 Å². The van der Waals surface area contributed by atoms with Crippen molar-refractivity contribution in [3.8, 4) is 0 Å². The minimum Gasteiger partial charge on any atom is -0.277 e. The Kier molecular flexibility index (Phi) is 4.69. The fraction of sp³-hybridized carbons (Fsp3) is 0. The molecule has 96 valence electrons. The SMILES string of the molecule is O=CN/N=C/c1ccc(Sc2ccc(F)cc2)cc1. The Balaban J connectivity index is 2.02. The van der Waals surface area contributed by atoms with E-state index in [1.807, 2.05) is 24.3 Å². The van der Waals surface area contributed by atoms with Crippen LogP contribution >= 0.6 is 11.8 Å². The molecular formula is C14H11FN2OS. The first-order valence-corrected chi connectivity index (χ1v) is 6.35. The van der Waals surface area contributed by atoms with Gasteiger partial charge in [0.25, 0.3) is 0 Å². The highest BCUT2D eigenvalue weighted by Gasteiger charge is 1.98. The standard InChI is InChI=1S/C14H11FN2OS/c15-12-3-7-14(8-4-12)19-13-5-1-11(2-6-13)9-16-17-10-18/h1-10H,(H,17,18)/b16-9+. The fourth-order valence-corrected chi connectivity index (χ4v) is 2.22. The zero-order valence-corrected chi connectivity index (χ0v) is 10.7. The average molecular weight is 274 g/mol. The Morgan fingerprint density at radius 2 is 1.58 bits per heavy atom. The van der Waals surface area contributed by atoms with Gasteiger partial charge in [0, 0.05) is 9.79 Å². The summed E-state index contributed by atoms with van der Waals surface area (Å²) in [6.07, 6.45) is 2.07. The van der Waals surface area contributed by atoms with E-state index >= 15 is 0 Å². The second-order valence-corrected chi connectivity index (χ2v) is 4.78. The summed E-state index contributed by atoms with van der Waals surface area (Å²) in [5.74, 6) is -0.237. The van der Waals surface area contributed by atoms with Gasteiger partial charge in [-0.05, 0) is 42.0 Å². The quantitative estimate of drug-likeness (QED) is 0.517. The lowest BCUT2D eigenvalue weighted by Gasteiger charge is -2.02. The number of nitrogens with zero attached hydrogens (tertiary/aromatic N) is 1. The topological polar surface area (TPSA) is 41.5 Å². The highest BCUT2D eigenvalue weighted by Crippen LogP contribution is 2.27. The van der Waals surface area contributed by atoms with E-state index in [2.05, 4.69) is 10.5 Å². The molecule has 2 rings (SSSR count). The van der Waals surface area contributed by atoms with Crippen molar-refractivity contribution >= 4 is 24.4 Å². The van der Waals surface area contributed by atoms with Gasteiger partial charge in [-0.3, -0.25) is 4.79 Å². The van der Waals surface area contributed by atoms with Crippen LogP contribution in [-0.2, 0) is 4.79 Å². The molecule has 19 heavy (non-hydrogen) atoms. The van der Waals surface area contributed by atoms with E-state index in [0.29, 0.717) is 6.41 Å². The number of nitrogens with one attached hydrogen (secondary N) is 1. The number of rotatable bonds is 5. The van der Waals surface area contributed by atoms with Gasteiger partial charge in [-0.2, -0.15) is 5.10 Å². The summed E-state index contributed by atoms with van der Waals surface area (Å²) in [6.45, 7) is 0. The second kappa shape index (κ2) is 6.70. The summed E-state index contributed by atoms with van der Waals surface area (Å²) >= 11 is 1.55. The number of carbonyl (C=O) groups is 1. The third-order valence-electron chi connectivity index (χ3n) is 2.27. The van der Waals surface area contributed by atoms with Gasteiger partial charge in [0.1, 0.15) is 5.82 Å². The summed E-state index contributed by atoms with van der Waals surface area (Å²) in [4.78, 5) is 12.0. The van der Waals surface area contributed by atoms with Crippen LogP contribution in [0.15, 0.2) is 63.4 Å². The first-order valence-electron chi connectivity index (χ1n) is 5.53. The number of benzene rings is 2. The van der Waals surface area contributed by atoms with E-state index in [-0.39, 0.29) is 5.82 Å². The molecule has 0 radical (unpaired) electrons. The molecule has 0 spiro atoms. The van der Waals surface area contributed by atoms with Crippen molar-refractivity contribution < 1.29 is 9.18 Å². The molecule has 0 bridgehead atoms. The van der Waals surface area contributed by atoms with Gasteiger partial charge >= 0.3 is 0 Å². The van der Waals surface area contributed by atoms with E-state index in [0.717, 1.165) is 15.4 Å². The molecule has 0 heterocycles. The van der Waals surface area contributed by atoms with Crippen molar-refractivity contribution in [2.24, 2.45) is 5.10 Å². The van der Waals surface area contributed by atoms with E-state index in [4.69, 9.17) is 0 Å². The number of halogens is 1. The van der Waals surface area contributed by atoms with Crippen LogP contribution in [-0.4, -0.2) is 12.6 Å². The summed E-state index contributed by atoms with van der Waals surface area (Å²) in [5, 5.41) is 3.69. The molecule has 2 aromatic rings. The Bertz CT molecular complexity index is 567. The van der Waals surface area contributed by atoms with E-state index in [9.17, 15) is 9.18 Å². The lowest BCUT2D eigenvalue weighted by Crippen LogP contribution is -2.00. The molecule has 0 saturated heterocycles. The molecular weight excluding hydrogens is 263 g/mol. The van der Waals surface area contributed by atoms with E-state index in [1.165, 1.54) is 12.1 Å². The predicted molar refractivity (Wildman–Crippen MR) is 73.8 cm³/mol. The molecule has 0 saturated carbocycles. The first-order chi connectivity index (χ1) is 9.28. The van der Waals surface area contributed by atoms with Crippen LogP contribution in [0.4, 0.5) is 4.39 Å². The van der Waals surface area contributed by atoms with Crippen LogP contribution in [0, 0.1) is 5.82 Å². The van der Waals surface area contributed by atoms with Crippen molar-refractivity contribution in [1.82, 2.24) is 5.43 Å². The molecule has 0 unspecified atom stereocenters. The number of carbonyl (C=O) groups excluding carboxylic acids is 1. The Labute approximate surface area is 114 Å². The maximum Gasteiger partial charge on any atom is 0.227 e. The molecule has 0 aliphatic carbocycles. The minimum atomic E-state index is -0.237. The van der Waals surface area contributed by atoms with Gasteiger partial charge in [0.15, 0.2) is 0 Å². The summed E-state index contributed by atoms with van der Waals surface area (Å²) in [5.41, 5.74) is 3.09. The Morgan fingerprint density at radius 1 is 1.00 bits per heavy atom. The lowest BCUT2D eigenvalue weighted by atomic mass is 10.2. The highest BCUT2D eigenvalue weighted by molar-refractivity contribution is 7.99. The molecule has 0 aliphatic rings. The number of hydrazone groups is 1. The largest absolute Gasteiger partial charge is 0.277 e. The summed E-state index contributed by atoms with van der Waals surface area (Å²) < 4.78 is 12.8. The molecule has 0 aromatic heterocycles. The Hall–Kier alpha value is -2.14. The molecule has 1 amide bonds. The van der Waals surface area contributed by atoms with Crippen LogP contribution in [0.1, 0.15) is 5.56 Å². The van der Waals surface area contributed by atoms with Gasteiger partial charge in [0.05, 0.1) is 6.21 Å². The lowest BCUT2D eigenvalue weighted by molar-refractivity contribution is -0.109. The number of hydrogen-bond acceptors (Lipinski definition) is 3. The Morgan fingerprint density at radius 3 is 2.16 bits per heavy atom. The van der Waals surface area contributed by atoms with Gasteiger partial charge < -0.3 is 0 Å². The summed E-state index contributed by atoms with van der Waals surface area (Å²) in [6, 6.07) is 14.0. The maximum atomic E-state index is 12.8. The molecule has 3 nitrogen and oxygen atoms in total. The monoisotopic (exact) mass is 274 g/mol. The summed E-state index contributed by atoms with van der Waals surface area (Å²) in [7, 11) is 0. The molecule has 0 atom stereocenters. The smallest absolute Gasteiger partial charge is 0.227 e. The van der Waals surface area contributed by atoms with Crippen LogP contribution in [0.25, 0.3) is 0 Å². The van der Waals surface area contributed by atoms with Crippen molar-refractivity contribution in [3.63, 3.8) is 0 Å². The predicted octanol–water partition coefficient (Wildman–Crippen LogP) is 3.06. The van der Waals surface area contributed by atoms with Crippen LogP contribution in [0.2, 0.25) is 0 Å². The minimum absolute atomic E-state index is 0.237. The highest BCUT2D eigenvalue weighted by atomic mass is 32.2. The van der Waals surface area contributed by atoms with Gasteiger partial charge in [-0.25, -0.2) is 9.82 Å². The van der Waals surface area contributed by atoms with Crippen LogP contribution in [0.5, 0.6) is 0 Å². The zero-order valence-electron chi connectivity index (χ0n) is 9.92. The molecule has 5 heteroatoms. The van der Waals surface area contributed by atoms with Crippen molar-refractivity contribution in [1.29, 1.82) is 0 Å². The maximum absolute atomic E-state index is 12.8. The average Bonchev–Trinajstić information content (AvgIpc) is 2.44. The second-order valence-electron chi connectivity index (χ2n) is 3.63. The first kappa shape index (κ1) is 13.3. The van der Waals surface area contributed by atoms with Crippen LogP contribution in [0.3, 0.4) is 0 Å². The number of amides is 1. The molecule has 1 N–H and O–H groups in total. The van der Waals surface area contributed by atoms with Gasteiger partial charge in [-0.15, -0.1) is 0 Å². The van der Waals surface area contributed by atoms with Crippen LogP contribution < -0.4 is 5.43 Å². The molecule has 0 fully saturated rings. The van der Waals surface area contributed by atoms with Crippen molar-refractivity contribution in [2.45, 2.75) is 9.79 Å². The third kappa shape index (κ3) is 4.22. The van der Waals surface area contributed by atoms with Crippen molar-refractivity contribution in [3.05, 3.63) is 59.9 Å². The number of hydrogen-bond donors (Lipinski definition) is 1. The third-order valence-corrected chi connectivity index (χ3v) is 3.29. The van der Waals surface area contributed by atoms with Gasteiger partial charge in [-0.1, -0.05) is 23.9 Å². The normalized spacial score (nSPS) is 10.6. The fourth-order valence-electron chi connectivity index (χ4n) is 1.40. The molecule has 2 aromatic carbocycles.